The molecule has 0 aliphatic heterocycles. The Balaban J connectivity index is 1.97. The number of fused-ring (bicyclic) bond motifs is 5. The van der Waals surface area contributed by atoms with Crippen LogP contribution in [0.15, 0.2) is 24.4 Å². The topological polar surface area (TPSA) is 83.8 Å². The van der Waals surface area contributed by atoms with E-state index in [1.165, 1.54) is 17.3 Å². The third-order valence-corrected chi connectivity index (χ3v) is 22.8. The molecule has 4 rings (SSSR count). The summed E-state index contributed by atoms with van der Waals surface area (Å²) in [6, 6.07) is 5.86. The Bertz CT molecular complexity index is 1450. The van der Waals surface area contributed by atoms with E-state index in [0.29, 0.717) is 35.2 Å². The highest BCUT2D eigenvalue weighted by atomic mass is 32.2. The lowest BCUT2D eigenvalue weighted by atomic mass is 9.49. The van der Waals surface area contributed by atoms with Gasteiger partial charge in [-0.1, -0.05) is 68.4 Å². The van der Waals surface area contributed by atoms with Crippen LogP contribution in [-0.4, -0.2) is 55.0 Å². The van der Waals surface area contributed by atoms with Crippen LogP contribution in [0, 0.1) is 17.8 Å². The second-order valence-corrected chi connectivity index (χ2v) is 27.6. The van der Waals surface area contributed by atoms with Crippen molar-refractivity contribution in [1.29, 1.82) is 0 Å². The van der Waals surface area contributed by atoms with Gasteiger partial charge in [-0.15, -0.1) is 0 Å². The van der Waals surface area contributed by atoms with E-state index in [0.717, 1.165) is 22.9 Å². The van der Waals surface area contributed by atoms with Crippen LogP contribution in [0.3, 0.4) is 0 Å². The lowest BCUT2D eigenvalue weighted by molar-refractivity contribution is -0.202. The van der Waals surface area contributed by atoms with Gasteiger partial charge in [0.15, 0.2) is 16.6 Å². The summed E-state index contributed by atoms with van der Waals surface area (Å²) in [4.78, 5) is 13.6. The number of hydrogen-bond acceptors (Lipinski definition) is 6. The molecule has 1 aromatic heterocycles. The standard InChI is InChI=1S/C33H55NO6SSi2/c1-21(2)43(22(3)4,23(5)6)39-20-25-18-24-14-15-29-26(16-17-34(29)41(11,36)37)30(24)33(40-42(12,13)32(7,8)9)27(25)19-28(33)31(35)38-10/h14-17,21-23,25,27-28H,18-20H2,1-13H3/t25-,27-,28-,33-/m1/s1. The predicted molar refractivity (Wildman–Crippen MR) is 180 cm³/mol. The number of methoxy groups -OCH3 is 1. The number of esters is 1. The maximum absolute atomic E-state index is 13.6. The lowest BCUT2D eigenvalue weighted by Crippen LogP contribution is -2.67. The molecule has 2 aliphatic carbocycles. The highest BCUT2D eigenvalue weighted by molar-refractivity contribution is 7.89. The van der Waals surface area contributed by atoms with E-state index in [1.54, 1.807) is 6.20 Å². The van der Waals surface area contributed by atoms with Crippen molar-refractivity contribution in [2.75, 3.05) is 20.0 Å². The molecule has 1 saturated carbocycles. The van der Waals surface area contributed by atoms with Gasteiger partial charge in [-0.2, -0.15) is 0 Å². The van der Waals surface area contributed by atoms with E-state index in [1.807, 2.05) is 12.1 Å². The quantitative estimate of drug-likeness (QED) is 0.193. The molecule has 1 fully saturated rings. The summed E-state index contributed by atoms with van der Waals surface area (Å²) < 4.78 is 47.0. The van der Waals surface area contributed by atoms with Crippen molar-refractivity contribution in [1.82, 2.24) is 3.97 Å². The van der Waals surface area contributed by atoms with Crippen LogP contribution < -0.4 is 0 Å². The molecular formula is C33H55NO6SSi2. The van der Waals surface area contributed by atoms with Crippen LogP contribution in [0.25, 0.3) is 10.9 Å². The molecule has 242 valence electrons. The molecule has 0 amide bonds. The van der Waals surface area contributed by atoms with E-state index in [2.05, 4.69) is 81.5 Å². The molecule has 10 heteroatoms. The van der Waals surface area contributed by atoms with Crippen LogP contribution in [-0.2, 0) is 40.4 Å². The Morgan fingerprint density at radius 2 is 1.63 bits per heavy atom. The van der Waals surface area contributed by atoms with Gasteiger partial charge in [0.05, 0.1) is 30.4 Å². The van der Waals surface area contributed by atoms with Crippen molar-refractivity contribution >= 4 is 43.5 Å². The van der Waals surface area contributed by atoms with Crippen molar-refractivity contribution in [3.8, 4) is 0 Å². The van der Waals surface area contributed by atoms with Crippen molar-refractivity contribution in [3.05, 3.63) is 35.5 Å². The van der Waals surface area contributed by atoms with Crippen LogP contribution in [0.4, 0.5) is 0 Å². The number of carbonyl (C=O) groups excluding carboxylic acids is 1. The van der Waals surface area contributed by atoms with Gasteiger partial charge < -0.3 is 13.6 Å². The number of aromatic nitrogens is 1. The van der Waals surface area contributed by atoms with Crippen LogP contribution in [0.1, 0.15) is 79.9 Å². The third-order valence-electron chi connectivity index (χ3n) is 11.3. The number of ether oxygens (including phenoxy) is 1. The molecular weight excluding hydrogens is 595 g/mol. The summed E-state index contributed by atoms with van der Waals surface area (Å²) in [7, 11) is -6.65. The second-order valence-electron chi connectivity index (χ2n) is 15.6. The molecule has 0 unspecified atom stereocenters. The van der Waals surface area contributed by atoms with Gasteiger partial charge in [0.2, 0.25) is 10.0 Å². The van der Waals surface area contributed by atoms with Crippen molar-refractivity contribution in [3.63, 3.8) is 0 Å². The SMILES string of the molecule is COC(=O)[C@H]1C[C@@H]2[C@@H](CO[Si](C(C)C)(C(C)C)C(C)C)Cc3ccc4c(ccn4S(C)(=O)=O)c3[C@]12O[Si](C)(C)C(C)(C)C. The van der Waals surface area contributed by atoms with E-state index in [9.17, 15) is 13.2 Å². The smallest absolute Gasteiger partial charge is 0.311 e. The molecule has 1 aromatic carbocycles. The van der Waals surface area contributed by atoms with E-state index in [-0.39, 0.29) is 22.8 Å². The molecule has 2 aliphatic rings. The molecule has 0 bridgehead atoms. The summed E-state index contributed by atoms with van der Waals surface area (Å²) in [6.07, 6.45) is 4.32. The average Bonchev–Trinajstić information content (AvgIpc) is 3.30. The average molecular weight is 650 g/mol. The first-order chi connectivity index (χ1) is 19.7. The summed E-state index contributed by atoms with van der Waals surface area (Å²) in [5.41, 5.74) is 3.19. The van der Waals surface area contributed by atoms with Gasteiger partial charge in [0.1, 0.15) is 0 Å². The van der Waals surface area contributed by atoms with Gasteiger partial charge in [0.25, 0.3) is 0 Å². The minimum Gasteiger partial charge on any atom is -0.469 e. The fourth-order valence-corrected chi connectivity index (χ4v) is 16.1. The molecule has 43 heavy (non-hydrogen) atoms. The first kappa shape index (κ1) is 34.4. The lowest BCUT2D eigenvalue weighted by Gasteiger charge is -2.63. The summed E-state index contributed by atoms with van der Waals surface area (Å²) >= 11 is 0. The van der Waals surface area contributed by atoms with E-state index >= 15 is 0 Å². The molecule has 0 radical (unpaired) electrons. The first-order valence-corrected chi connectivity index (χ1v) is 22.8. The molecule has 7 nitrogen and oxygen atoms in total. The van der Waals surface area contributed by atoms with Crippen molar-refractivity contribution < 1.29 is 26.8 Å². The Morgan fingerprint density at radius 3 is 2.12 bits per heavy atom. The maximum atomic E-state index is 13.6. The van der Waals surface area contributed by atoms with Gasteiger partial charge in [0, 0.05) is 18.2 Å². The zero-order chi connectivity index (χ0) is 32.5. The number of carbonyl (C=O) groups is 1. The summed E-state index contributed by atoms with van der Waals surface area (Å²) in [5.74, 6) is -0.538. The fraction of sp³-hybridized carbons (Fsp3) is 0.727. The summed E-state index contributed by atoms with van der Waals surface area (Å²) in [6.45, 7) is 25.6. The summed E-state index contributed by atoms with van der Waals surface area (Å²) in [5, 5.41) is 0.739. The van der Waals surface area contributed by atoms with Gasteiger partial charge in [-0.3, -0.25) is 4.79 Å². The molecule has 1 heterocycles. The monoisotopic (exact) mass is 649 g/mol. The van der Waals surface area contributed by atoms with Crippen LogP contribution in [0.2, 0.25) is 34.8 Å². The number of hydrogen-bond donors (Lipinski definition) is 0. The molecule has 0 saturated heterocycles. The largest absolute Gasteiger partial charge is 0.469 e. The maximum Gasteiger partial charge on any atom is 0.311 e. The number of rotatable bonds is 10. The molecule has 0 spiro atoms. The van der Waals surface area contributed by atoms with Gasteiger partial charge >= 0.3 is 5.97 Å². The van der Waals surface area contributed by atoms with E-state index < -0.39 is 38.2 Å². The minimum absolute atomic E-state index is 0.0450. The van der Waals surface area contributed by atoms with E-state index in [4.69, 9.17) is 13.6 Å². The minimum atomic E-state index is -3.52. The highest BCUT2D eigenvalue weighted by Crippen LogP contribution is 2.65. The Hall–Kier alpha value is -1.47. The first-order valence-electron chi connectivity index (χ1n) is 15.9. The third kappa shape index (κ3) is 5.40. The van der Waals surface area contributed by atoms with Crippen molar-refractivity contribution in [2.24, 2.45) is 17.8 Å². The Labute approximate surface area is 262 Å². The molecule has 0 N–H and O–H groups in total. The molecule has 2 aromatic rings. The molecule has 4 atom stereocenters. The Kier molecular flexibility index (Phi) is 9.13. The van der Waals surface area contributed by atoms with Gasteiger partial charge in [-0.05, 0) is 82.7 Å². The van der Waals surface area contributed by atoms with Crippen molar-refractivity contribution in [2.45, 2.75) is 116 Å². The number of benzene rings is 1. The Morgan fingerprint density at radius 1 is 1.05 bits per heavy atom. The van der Waals surface area contributed by atoms with Crippen LogP contribution in [0.5, 0.6) is 0 Å². The second kappa shape index (κ2) is 11.4. The normalized spacial score (nSPS) is 24.8. The predicted octanol–water partition coefficient (Wildman–Crippen LogP) is 7.84. The zero-order valence-corrected chi connectivity index (χ0v) is 31.5. The van der Waals surface area contributed by atoms with Crippen LogP contribution >= 0.6 is 0 Å². The van der Waals surface area contributed by atoms with Gasteiger partial charge in [-0.25, -0.2) is 12.4 Å². The number of nitrogens with zero attached hydrogens (tertiary/aromatic N) is 1. The zero-order valence-electron chi connectivity index (χ0n) is 28.7. The fourth-order valence-electron chi connectivity index (χ4n) is 8.30. The highest BCUT2D eigenvalue weighted by Gasteiger charge is 2.68.